The van der Waals surface area contributed by atoms with Gasteiger partial charge in [-0.2, -0.15) is 0 Å². The van der Waals surface area contributed by atoms with Crippen molar-refractivity contribution in [2.24, 2.45) is 5.73 Å². The Morgan fingerprint density at radius 3 is 2.62 bits per heavy atom. The molecular weight excluding hydrogens is 106 g/mol. The van der Waals surface area contributed by atoms with E-state index in [1.807, 2.05) is 0 Å². The molecule has 0 fully saturated rings. The third-order valence-corrected chi connectivity index (χ3v) is 0.753. The summed E-state index contributed by atoms with van der Waals surface area (Å²) in [5, 5.41) is 8.58. The Labute approximate surface area is 47.8 Å². The molecule has 3 nitrogen and oxygen atoms in total. The normalized spacial score (nSPS) is 12.8. The van der Waals surface area contributed by atoms with Gasteiger partial charge in [0, 0.05) is 6.54 Å². The lowest BCUT2D eigenvalue weighted by atomic mass is 10.2. The van der Waals surface area contributed by atoms with Crippen molar-refractivity contribution >= 4 is 5.78 Å². The number of ketones is 1. The minimum absolute atomic E-state index is 0.0369. The molecule has 0 amide bonds. The predicted octanol–water partition coefficient (Wildman–Crippen LogP) is -0.939. The maximum absolute atomic E-state index is 10.3. The second-order valence-corrected chi connectivity index (χ2v) is 1.36. The summed E-state index contributed by atoms with van der Waals surface area (Å²) in [6, 6.07) is 0. The van der Waals surface area contributed by atoms with Crippen LogP contribution in [0.15, 0.2) is 12.7 Å². The van der Waals surface area contributed by atoms with Gasteiger partial charge in [0.15, 0.2) is 5.78 Å². The third-order valence-electron chi connectivity index (χ3n) is 0.753. The molecule has 46 valence electrons. The molecule has 0 aliphatic carbocycles. The van der Waals surface area contributed by atoms with Crippen molar-refractivity contribution in [2.45, 2.75) is 6.10 Å². The first-order valence-electron chi connectivity index (χ1n) is 2.26. The van der Waals surface area contributed by atoms with Gasteiger partial charge in [-0.15, -0.1) is 0 Å². The van der Waals surface area contributed by atoms with Crippen LogP contribution in [0.25, 0.3) is 0 Å². The van der Waals surface area contributed by atoms with Crippen LogP contribution in [0.3, 0.4) is 0 Å². The lowest BCUT2D eigenvalue weighted by Gasteiger charge is -1.98. The molecule has 0 saturated carbocycles. The maximum atomic E-state index is 10.3. The number of carbonyl (C=O) groups is 1. The fourth-order valence-electron chi connectivity index (χ4n) is 0.252. The SMILES string of the molecule is C=CC(=O)C(O)CN. The first-order valence-corrected chi connectivity index (χ1v) is 2.26. The number of rotatable bonds is 3. The molecule has 0 aromatic rings. The fraction of sp³-hybridized carbons (Fsp3) is 0.400. The molecule has 0 spiro atoms. The molecule has 1 unspecified atom stereocenters. The number of carbonyl (C=O) groups excluding carboxylic acids is 1. The topological polar surface area (TPSA) is 63.3 Å². The molecule has 0 heterocycles. The van der Waals surface area contributed by atoms with Crippen molar-refractivity contribution in [3.8, 4) is 0 Å². The summed E-state index contributed by atoms with van der Waals surface area (Å²) in [7, 11) is 0. The van der Waals surface area contributed by atoms with Crippen molar-refractivity contribution in [1.29, 1.82) is 0 Å². The quantitative estimate of drug-likeness (QED) is 0.467. The standard InChI is InChI=1S/C5H9NO2/c1-2-4(7)5(8)3-6/h2,5,8H,1,3,6H2. The van der Waals surface area contributed by atoms with E-state index in [0.29, 0.717) is 0 Å². The first kappa shape index (κ1) is 7.33. The number of hydrogen-bond acceptors (Lipinski definition) is 3. The van der Waals surface area contributed by atoms with Crippen LogP contribution in [0.4, 0.5) is 0 Å². The first-order chi connectivity index (χ1) is 3.72. The fourth-order valence-corrected chi connectivity index (χ4v) is 0.252. The van der Waals surface area contributed by atoms with Crippen LogP contribution in [-0.2, 0) is 4.79 Å². The van der Waals surface area contributed by atoms with E-state index in [-0.39, 0.29) is 6.54 Å². The summed E-state index contributed by atoms with van der Waals surface area (Å²) in [4.78, 5) is 10.3. The lowest BCUT2D eigenvalue weighted by molar-refractivity contribution is -0.121. The van der Waals surface area contributed by atoms with E-state index in [4.69, 9.17) is 10.8 Å². The molecule has 0 saturated heterocycles. The Hall–Kier alpha value is -0.670. The second kappa shape index (κ2) is 3.35. The van der Waals surface area contributed by atoms with Gasteiger partial charge in [0.2, 0.25) is 0 Å². The van der Waals surface area contributed by atoms with Crippen LogP contribution in [-0.4, -0.2) is 23.5 Å². The molecular formula is C5H9NO2. The summed E-state index contributed by atoms with van der Waals surface area (Å²) in [5.41, 5.74) is 4.93. The van der Waals surface area contributed by atoms with Gasteiger partial charge in [-0.25, -0.2) is 0 Å². The minimum atomic E-state index is -1.06. The monoisotopic (exact) mass is 115 g/mol. The second-order valence-electron chi connectivity index (χ2n) is 1.36. The lowest BCUT2D eigenvalue weighted by Crippen LogP contribution is -2.27. The number of aliphatic hydroxyl groups excluding tert-OH is 1. The van der Waals surface area contributed by atoms with Crippen LogP contribution < -0.4 is 5.73 Å². The van der Waals surface area contributed by atoms with Gasteiger partial charge in [0.1, 0.15) is 6.10 Å². The Kier molecular flexibility index (Phi) is 3.07. The summed E-state index contributed by atoms with van der Waals surface area (Å²) in [5.74, 6) is -0.424. The molecule has 8 heavy (non-hydrogen) atoms. The molecule has 3 heteroatoms. The zero-order chi connectivity index (χ0) is 6.57. The Morgan fingerprint density at radius 2 is 2.50 bits per heavy atom. The van der Waals surface area contributed by atoms with Crippen LogP contribution in [0.2, 0.25) is 0 Å². The Balaban J connectivity index is 3.62. The van der Waals surface area contributed by atoms with E-state index in [0.717, 1.165) is 6.08 Å². The van der Waals surface area contributed by atoms with Crippen LogP contribution in [0.5, 0.6) is 0 Å². The van der Waals surface area contributed by atoms with Crippen molar-refractivity contribution < 1.29 is 9.90 Å². The van der Waals surface area contributed by atoms with Gasteiger partial charge in [0.05, 0.1) is 0 Å². The largest absolute Gasteiger partial charge is 0.384 e. The van der Waals surface area contributed by atoms with Crippen LogP contribution in [0, 0.1) is 0 Å². The molecule has 1 atom stereocenters. The van der Waals surface area contributed by atoms with Gasteiger partial charge in [-0.1, -0.05) is 6.58 Å². The minimum Gasteiger partial charge on any atom is -0.384 e. The molecule has 0 aromatic carbocycles. The molecule has 0 aliphatic heterocycles. The van der Waals surface area contributed by atoms with Crippen molar-refractivity contribution in [2.75, 3.05) is 6.54 Å². The third kappa shape index (κ3) is 1.86. The molecule has 3 N–H and O–H groups in total. The van der Waals surface area contributed by atoms with Crippen LogP contribution in [0.1, 0.15) is 0 Å². The van der Waals surface area contributed by atoms with E-state index >= 15 is 0 Å². The Bertz CT molecular complexity index is 101. The maximum Gasteiger partial charge on any atom is 0.184 e. The molecule has 0 rings (SSSR count). The molecule has 0 bridgehead atoms. The van der Waals surface area contributed by atoms with Gasteiger partial charge in [0.25, 0.3) is 0 Å². The van der Waals surface area contributed by atoms with Crippen LogP contribution >= 0.6 is 0 Å². The highest BCUT2D eigenvalue weighted by Gasteiger charge is 2.06. The van der Waals surface area contributed by atoms with E-state index in [9.17, 15) is 4.79 Å². The average molecular weight is 115 g/mol. The zero-order valence-electron chi connectivity index (χ0n) is 4.50. The number of hydrogen-bond donors (Lipinski definition) is 2. The van der Waals surface area contributed by atoms with E-state index in [1.165, 1.54) is 0 Å². The Morgan fingerprint density at radius 1 is 2.00 bits per heavy atom. The van der Waals surface area contributed by atoms with E-state index in [1.54, 1.807) is 0 Å². The molecule has 0 radical (unpaired) electrons. The average Bonchev–Trinajstić information content (AvgIpc) is 1.84. The number of aliphatic hydroxyl groups is 1. The smallest absolute Gasteiger partial charge is 0.184 e. The van der Waals surface area contributed by atoms with Crippen molar-refractivity contribution in [3.63, 3.8) is 0 Å². The summed E-state index contributed by atoms with van der Waals surface area (Å²) in [6.45, 7) is 3.13. The van der Waals surface area contributed by atoms with Crippen molar-refractivity contribution in [1.82, 2.24) is 0 Å². The van der Waals surface area contributed by atoms with Gasteiger partial charge < -0.3 is 10.8 Å². The molecule has 0 aromatic heterocycles. The van der Waals surface area contributed by atoms with Crippen molar-refractivity contribution in [3.05, 3.63) is 12.7 Å². The zero-order valence-corrected chi connectivity index (χ0v) is 4.50. The highest BCUT2D eigenvalue weighted by molar-refractivity contribution is 5.92. The highest BCUT2D eigenvalue weighted by atomic mass is 16.3. The van der Waals surface area contributed by atoms with E-state index < -0.39 is 11.9 Å². The number of nitrogens with two attached hydrogens (primary N) is 1. The van der Waals surface area contributed by atoms with Gasteiger partial charge in [-0.3, -0.25) is 4.79 Å². The summed E-state index contributed by atoms with van der Waals surface area (Å²) < 4.78 is 0. The molecule has 0 aliphatic rings. The van der Waals surface area contributed by atoms with Gasteiger partial charge in [-0.05, 0) is 6.08 Å². The van der Waals surface area contributed by atoms with E-state index in [2.05, 4.69) is 6.58 Å². The highest BCUT2D eigenvalue weighted by Crippen LogP contribution is 1.81. The summed E-state index contributed by atoms with van der Waals surface area (Å²) >= 11 is 0. The van der Waals surface area contributed by atoms with Gasteiger partial charge >= 0.3 is 0 Å². The summed E-state index contributed by atoms with van der Waals surface area (Å²) in [6.07, 6.45) is -0.00940. The predicted molar refractivity (Wildman–Crippen MR) is 30.3 cm³/mol.